The van der Waals surface area contributed by atoms with Gasteiger partial charge in [-0.2, -0.15) is 0 Å². The highest BCUT2D eigenvalue weighted by atomic mass is 16.6. The number of piperidine rings is 1. The Morgan fingerprint density at radius 2 is 1.89 bits per heavy atom. The van der Waals surface area contributed by atoms with Crippen molar-refractivity contribution in [2.45, 2.75) is 45.8 Å². The highest BCUT2D eigenvalue weighted by Crippen LogP contribution is 2.23. The zero-order valence-corrected chi connectivity index (χ0v) is 20.9. The minimum Gasteiger partial charge on any atom is -0.444 e. The topological polar surface area (TPSA) is 117 Å². The van der Waals surface area contributed by atoms with Gasteiger partial charge in [-0.1, -0.05) is 30.3 Å². The van der Waals surface area contributed by atoms with Crippen molar-refractivity contribution in [3.05, 3.63) is 59.5 Å². The van der Waals surface area contributed by atoms with E-state index in [9.17, 15) is 14.4 Å². The standard InChI is InChI=1S/C26H32N6O4/c1-26(2,3)36-25(35)28-16-18-10-13-31(14-11-18)23-27-12-9-20(29-23)15-21-22(33)30-24(34)32(21)17-19-7-5-4-6-8-19/h4-9,12,15,18H,10-11,13-14,16-17H2,1-3H3,(H,28,35)(H,30,33,34)/b21-15+. The Morgan fingerprint density at radius 1 is 1.17 bits per heavy atom. The molecule has 0 bridgehead atoms. The molecule has 0 atom stereocenters. The van der Waals surface area contributed by atoms with Gasteiger partial charge in [-0.05, 0) is 57.2 Å². The van der Waals surface area contributed by atoms with Gasteiger partial charge >= 0.3 is 12.1 Å². The summed E-state index contributed by atoms with van der Waals surface area (Å²) in [7, 11) is 0. The Morgan fingerprint density at radius 3 is 2.58 bits per heavy atom. The van der Waals surface area contributed by atoms with Crippen molar-refractivity contribution < 1.29 is 19.1 Å². The van der Waals surface area contributed by atoms with E-state index in [4.69, 9.17) is 4.74 Å². The summed E-state index contributed by atoms with van der Waals surface area (Å²) in [5.74, 6) is 0.468. The minimum absolute atomic E-state index is 0.250. The zero-order chi connectivity index (χ0) is 25.7. The molecular weight excluding hydrogens is 460 g/mol. The van der Waals surface area contributed by atoms with Gasteiger partial charge in [0.1, 0.15) is 11.3 Å². The van der Waals surface area contributed by atoms with Crippen molar-refractivity contribution in [2.24, 2.45) is 5.92 Å². The number of aromatic nitrogens is 2. The molecule has 0 saturated carbocycles. The van der Waals surface area contributed by atoms with Gasteiger partial charge in [-0.25, -0.2) is 19.6 Å². The van der Waals surface area contributed by atoms with E-state index < -0.39 is 23.6 Å². The predicted octanol–water partition coefficient (Wildman–Crippen LogP) is 3.31. The summed E-state index contributed by atoms with van der Waals surface area (Å²) in [5.41, 5.74) is 1.20. The summed E-state index contributed by atoms with van der Waals surface area (Å²) in [6, 6.07) is 10.8. The van der Waals surface area contributed by atoms with E-state index in [0.717, 1.165) is 31.5 Å². The molecule has 4 amide bonds. The quantitative estimate of drug-likeness (QED) is 0.469. The molecule has 190 valence electrons. The number of carbonyl (C=O) groups excluding carboxylic acids is 3. The number of alkyl carbamates (subject to hydrolysis) is 1. The average Bonchev–Trinajstić information content (AvgIpc) is 3.10. The first kappa shape index (κ1) is 25.2. The van der Waals surface area contributed by atoms with E-state index in [2.05, 4.69) is 25.5 Å². The highest BCUT2D eigenvalue weighted by Gasteiger charge is 2.33. The number of ether oxygens (including phenoxy) is 1. The third-order valence-corrected chi connectivity index (χ3v) is 5.95. The fraction of sp³-hybridized carbons (Fsp3) is 0.423. The Balaban J connectivity index is 1.38. The van der Waals surface area contributed by atoms with Gasteiger partial charge < -0.3 is 15.0 Å². The van der Waals surface area contributed by atoms with Gasteiger partial charge in [0.25, 0.3) is 5.91 Å². The largest absolute Gasteiger partial charge is 0.444 e. The fourth-order valence-corrected chi connectivity index (χ4v) is 4.14. The van der Waals surface area contributed by atoms with Crippen molar-refractivity contribution in [1.29, 1.82) is 0 Å². The molecule has 1 aromatic heterocycles. The Hall–Kier alpha value is -3.95. The number of hydrogen-bond acceptors (Lipinski definition) is 7. The molecule has 2 aliphatic heterocycles. The van der Waals surface area contributed by atoms with Crippen LogP contribution in [0.3, 0.4) is 0 Å². The van der Waals surface area contributed by atoms with Crippen LogP contribution in [0.2, 0.25) is 0 Å². The van der Waals surface area contributed by atoms with E-state index in [1.807, 2.05) is 51.1 Å². The second-order valence-corrected chi connectivity index (χ2v) is 9.96. The number of nitrogens with zero attached hydrogens (tertiary/aromatic N) is 4. The maximum Gasteiger partial charge on any atom is 0.407 e. The van der Waals surface area contributed by atoms with Crippen LogP contribution in [0.25, 0.3) is 6.08 Å². The Labute approximate surface area is 210 Å². The number of urea groups is 1. The molecule has 0 spiro atoms. The number of hydrogen-bond donors (Lipinski definition) is 2. The first-order valence-electron chi connectivity index (χ1n) is 12.1. The second kappa shape index (κ2) is 10.8. The third-order valence-electron chi connectivity index (χ3n) is 5.95. The summed E-state index contributed by atoms with van der Waals surface area (Å²) < 4.78 is 5.30. The smallest absolute Gasteiger partial charge is 0.407 e. The van der Waals surface area contributed by atoms with E-state index in [1.165, 1.54) is 4.90 Å². The number of amides is 4. The predicted molar refractivity (Wildman–Crippen MR) is 135 cm³/mol. The number of carbonyl (C=O) groups is 3. The van der Waals surface area contributed by atoms with E-state index >= 15 is 0 Å². The minimum atomic E-state index is -0.518. The van der Waals surface area contributed by atoms with E-state index in [1.54, 1.807) is 18.3 Å². The number of benzene rings is 1. The van der Waals surface area contributed by atoms with Gasteiger partial charge in [-0.3, -0.25) is 15.0 Å². The van der Waals surface area contributed by atoms with Gasteiger partial charge in [0.05, 0.1) is 12.2 Å². The molecule has 0 radical (unpaired) electrons. The first-order chi connectivity index (χ1) is 17.2. The van der Waals surface area contributed by atoms with Crippen molar-refractivity contribution in [1.82, 2.24) is 25.5 Å². The fourth-order valence-electron chi connectivity index (χ4n) is 4.14. The average molecular weight is 493 g/mol. The molecule has 2 N–H and O–H groups in total. The molecule has 36 heavy (non-hydrogen) atoms. The normalized spacial score (nSPS) is 17.9. The van der Waals surface area contributed by atoms with Crippen LogP contribution in [0.5, 0.6) is 0 Å². The Bertz CT molecular complexity index is 1140. The number of nitrogens with one attached hydrogen (secondary N) is 2. The van der Waals surface area contributed by atoms with Crippen LogP contribution in [0.4, 0.5) is 15.5 Å². The molecule has 2 aromatic rings. The molecule has 10 nitrogen and oxygen atoms in total. The molecule has 3 heterocycles. The number of imide groups is 1. The molecule has 2 saturated heterocycles. The third kappa shape index (κ3) is 6.59. The van der Waals surface area contributed by atoms with Crippen LogP contribution in [-0.4, -0.2) is 58.1 Å². The summed E-state index contributed by atoms with van der Waals surface area (Å²) in [6.07, 6.45) is 4.63. The lowest BCUT2D eigenvalue weighted by Crippen LogP contribution is -2.40. The van der Waals surface area contributed by atoms with Gasteiger partial charge in [-0.15, -0.1) is 0 Å². The number of anilines is 1. The maximum absolute atomic E-state index is 12.5. The molecule has 2 aliphatic rings. The van der Waals surface area contributed by atoms with Crippen LogP contribution < -0.4 is 15.5 Å². The zero-order valence-electron chi connectivity index (χ0n) is 20.9. The molecular formula is C26H32N6O4. The lowest BCUT2D eigenvalue weighted by Gasteiger charge is -2.32. The molecule has 2 fully saturated rings. The van der Waals surface area contributed by atoms with Crippen LogP contribution >= 0.6 is 0 Å². The van der Waals surface area contributed by atoms with Crippen LogP contribution in [-0.2, 0) is 16.1 Å². The maximum atomic E-state index is 12.5. The number of rotatable bonds is 6. The second-order valence-electron chi connectivity index (χ2n) is 9.96. The summed E-state index contributed by atoms with van der Waals surface area (Å²) in [4.78, 5) is 49.3. The van der Waals surface area contributed by atoms with Crippen LogP contribution in [0.15, 0.2) is 48.3 Å². The van der Waals surface area contributed by atoms with Gasteiger partial charge in [0.2, 0.25) is 5.95 Å². The van der Waals surface area contributed by atoms with Gasteiger partial charge in [0.15, 0.2) is 0 Å². The molecule has 10 heteroatoms. The van der Waals surface area contributed by atoms with Crippen molar-refractivity contribution >= 4 is 30.1 Å². The van der Waals surface area contributed by atoms with Crippen LogP contribution in [0.1, 0.15) is 44.9 Å². The summed E-state index contributed by atoms with van der Waals surface area (Å²) in [6.45, 7) is 7.87. The monoisotopic (exact) mass is 492 g/mol. The van der Waals surface area contributed by atoms with E-state index in [0.29, 0.717) is 24.1 Å². The first-order valence-corrected chi connectivity index (χ1v) is 12.1. The van der Waals surface area contributed by atoms with Crippen molar-refractivity contribution in [3.63, 3.8) is 0 Å². The van der Waals surface area contributed by atoms with Crippen molar-refractivity contribution in [2.75, 3.05) is 24.5 Å². The van der Waals surface area contributed by atoms with Crippen LogP contribution in [0, 0.1) is 5.92 Å². The molecule has 0 aliphatic carbocycles. The van der Waals surface area contributed by atoms with Crippen molar-refractivity contribution in [3.8, 4) is 0 Å². The molecule has 1 aromatic carbocycles. The summed E-state index contributed by atoms with van der Waals surface area (Å²) >= 11 is 0. The summed E-state index contributed by atoms with van der Waals surface area (Å²) in [5, 5.41) is 5.21. The lowest BCUT2D eigenvalue weighted by atomic mass is 9.97. The molecule has 4 rings (SSSR count). The highest BCUT2D eigenvalue weighted by molar-refractivity contribution is 6.13. The molecule has 0 unspecified atom stereocenters. The van der Waals surface area contributed by atoms with Gasteiger partial charge in [0, 0.05) is 25.8 Å². The van der Waals surface area contributed by atoms with E-state index in [-0.39, 0.29) is 12.2 Å². The Kier molecular flexibility index (Phi) is 7.52. The SMILES string of the molecule is CC(C)(C)OC(=O)NCC1CCN(c2nccc(/C=C3\C(=O)NC(=O)N3Cc3ccccc3)n2)CC1. The lowest BCUT2D eigenvalue weighted by molar-refractivity contribution is -0.116.